The molecule has 0 saturated heterocycles. The second kappa shape index (κ2) is 4.49. The van der Waals surface area contributed by atoms with Crippen LogP contribution in [0.2, 0.25) is 0 Å². The van der Waals surface area contributed by atoms with Crippen molar-refractivity contribution < 1.29 is 9.59 Å². The lowest BCUT2D eigenvalue weighted by Crippen LogP contribution is -2.19. The number of nitrogens with two attached hydrogens (primary N) is 1. The summed E-state index contributed by atoms with van der Waals surface area (Å²) in [4.78, 5) is 23.8. The summed E-state index contributed by atoms with van der Waals surface area (Å²) in [7, 11) is 0. The van der Waals surface area contributed by atoms with Gasteiger partial charge in [0.25, 0.3) is 5.91 Å². The van der Waals surface area contributed by atoms with E-state index in [4.69, 9.17) is 5.73 Å². The van der Waals surface area contributed by atoms with Crippen molar-refractivity contribution in [3.8, 4) is 0 Å². The molecule has 0 spiro atoms. The number of hydrogen-bond acceptors (Lipinski definition) is 3. The lowest BCUT2D eigenvalue weighted by molar-refractivity contribution is -0.114. The zero-order valence-corrected chi connectivity index (χ0v) is 10.8. The maximum absolute atomic E-state index is 11.5. The smallest absolute Gasteiger partial charge is 0.251 e. The summed E-state index contributed by atoms with van der Waals surface area (Å²) in [6.45, 7) is 3.61. The molecule has 17 heavy (non-hydrogen) atoms. The number of hydrogen-bond donors (Lipinski definition) is 2. The number of fused-ring (bicyclic) bond motifs is 1. The maximum Gasteiger partial charge on any atom is 0.251 e. The normalized spacial score (nSPS) is 18.6. The van der Waals surface area contributed by atoms with Gasteiger partial charge in [-0.1, -0.05) is 6.92 Å². The summed E-state index contributed by atoms with van der Waals surface area (Å²) in [5, 5.41) is 3.32. The van der Waals surface area contributed by atoms with E-state index in [0.29, 0.717) is 16.5 Å². The van der Waals surface area contributed by atoms with Crippen LogP contribution in [0.25, 0.3) is 0 Å². The zero-order chi connectivity index (χ0) is 12.6. The first-order valence-electron chi connectivity index (χ1n) is 5.71. The minimum atomic E-state index is -0.444. The standard InChI is InChI=1S/C12H16N2O2S/c1-6-3-4-9-8(5-6)10(11(13)16)12(17-9)14-7(2)15/h6H,3-5H2,1-2H3,(H2,13,16)(H,14,15)/t6-/m0/s1. The van der Waals surface area contributed by atoms with E-state index >= 15 is 0 Å². The van der Waals surface area contributed by atoms with Gasteiger partial charge >= 0.3 is 0 Å². The van der Waals surface area contributed by atoms with Crippen molar-refractivity contribution in [3.63, 3.8) is 0 Å². The fourth-order valence-electron chi connectivity index (χ4n) is 2.27. The van der Waals surface area contributed by atoms with E-state index in [9.17, 15) is 9.59 Å². The number of carbonyl (C=O) groups excluding carboxylic acids is 2. The van der Waals surface area contributed by atoms with Gasteiger partial charge in [0.1, 0.15) is 5.00 Å². The van der Waals surface area contributed by atoms with Gasteiger partial charge in [0.05, 0.1) is 5.56 Å². The second-order valence-corrected chi connectivity index (χ2v) is 5.71. The number of carbonyl (C=O) groups is 2. The van der Waals surface area contributed by atoms with Gasteiger partial charge in [-0.2, -0.15) is 0 Å². The minimum absolute atomic E-state index is 0.167. The number of rotatable bonds is 2. The zero-order valence-electron chi connectivity index (χ0n) is 10.0. The Hall–Kier alpha value is -1.36. The summed E-state index contributed by atoms with van der Waals surface area (Å²) >= 11 is 1.49. The van der Waals surface area contributed by atoms with Crippen molar-refractivity contribution in [1.82, 2.24) is 0 Å². The Balaban J connectivity index is 2.47. The van der Waals surface area contributed by atoms with Crippen LogP contribution in [0.15, 0.2) is 0 Å². The van der Waals surface area contributed by atoms with Gasteiger partial charge in [-0.15, -0.1) is 11.3 Å². The van der Waals surface area contributed by atoms with Crippen molar-refractivity contribution in [3.05, 3.63) is 16.0 Å². The number of aryl methyl sites for hydroxylation is 1. The Kier molecular flexibility index (Phi) is 3.19. The molecule has 0 unspecified atom stereocenters. The molecule has 0 aliphatic heterocycles. The van der Waals surface area contributed by atoms with Crippen LogP contribution in [0, 0.1) is 5.92 Å². The molecule has 0 fully saturated rings. The Morgan fingerprint density at radius 1 is 1.47 bits per heavy atom. The topological polar surface area (TPSA) is 72.2 Å². The molecule has 1 atom stereocenters. The Labute approximate surface area is 104 Å². The summed E-state index contributed by atoms with van der Waals surface area (Å²) in [6, 6.07) is 0. The lowest BCUT2D eigenvalue weighted by Gasteiger charge is -2.18. The Morgan fingerprint density at radius 3 is 2.76 bits per heavy atom. The molecule has 2 rings (SSSR count). The highest BCUT2D eigenvalue weighted by Gasteiger charge is 2.26. The molecule has 1 aliphatic carbocycles. The van der Waals surface area contributed by atoms with Gasteiger partial charge < -0.3 is 11.1 Å². The molecule has 1 aromatic rings. The van der Waals surface area contributed by atoms with E-state index in [0.717, 1.165) is 24.8 Å². The summed E-state index contributed by atoms with van der Waals surface area (Å²) in [5.41, 5.74) is 6.99. The van der Waals surface area contributed by atoms with Gasteiger partial charge in [0.2, 0.25) is 5.91 Å². The van der Waals surface area contributed by atoms with E-state index in [1.54, 1.807) is 0 Å². The first-order chi connectivity index (χ1) is 7.99. The van der Waals surface area contributed by atoms with Crippen LogP contribution >= 0.6 is 11.3 Å². The molecule has 4 nitrogen and oxygen atoms in total. The molecule has 1 heterocycles. The van der Waals surface area contributed by atoms with Crippen LogP contribution in [0.3, 0.4) is 0 Å². The van der Waals surface area contributed by atoms with E-state index in [1.807, 2.05) is 0 Å². The van der Waals surface area contributed by atoms with E-state index < -0.39 is 5.91 Å². The Morgan fingerprint density at radius 2 is 2.18 bits per heavy atom. The molecular formula is C12H16N2O2S. The predicted molar refractivity (Wildman–Crippen MR) is 68.3 cm³/mol. The molecule has 0 bridgehead atoms. The number of thiophene rings is 1. The Bertz CT molecular complexity index is 479. The quantitative estimate of drug-likeness (QED) is 0.844. The molecular weight excluding hydrogens is 236 g/mol. The van der Waals surface area contributed by atoms with Crippen LogP contribution in [0.4, 0.5) is 5.00 Å². The average molecular weight is 252 g/mol. The summed E-state index contributed by atoms with van der Waals surface area (Å²) < 4.78 is 0. The van der Waals surface area contributed by atoms with Gasteiger partial charge in [-0.25, -0.2) is 0 Å². The van der Waals surface area contributed by atoms with Crippen molar-refractivity contribution in [2.24, 2.45) is 11.7 Å². The van der Waals surface area contributed by atoms with Crippen molar-refractivity contribution in [2.45, 2.75) is 33.1 Å². The van der Waals surface area contributed by atoms with Crippen LogP contribution in [-0.2, 0) is 17.6 Å². The molecule has 1 aromatic heterocycles. The van der Waals surface area contributed by atoms with Crippen LogP contribution in [0.1, 0.15) is 41.1 Å². The van der Waals surface area contributed by atoms with Crippen molar-refractivity contribution >= 4 is 28.2 Å². The fraction of sp³-hybridized carbons (Fsp3) is 0.500. The minimum Gasteiger partial charge on any atom is -0.365 e. The third-order valence-corrected chi connectivity index (χ3v) is 4.25. The lowest BCUT2D eigenvalue weighted by atomic mass is 9.87. The molecule has 0 saturated carbocycles. The first-order valence-corrected chi connectivity index (χ1v) is 6.52. The highest BCUT2D eigenvalue weighted by atomic mass is 32.1. The van der Waals surface area contributed by atoms with Gasteiger partial charge in [0, 0.05) is 11.8 Å². The molecule has 2 amide bonds. The van der Waals surface area contributed by atoms with Gasteiger partial charge in [0.15, 0.2) is 0 Å². The third-order valence-electron chi connectivity index (χ3n) is 3.04. The van der Waals surface area contributed by atoms with Gasteiger partial charge in [-0.3, -0.25) is 9.59 Å². The molecule has 0 radical (unpaired) electrons. The highest BCUT2D eigenvalue weighted by molar-refractivity contribution is 7.17. The molecule has 92 valence electrons. The van der Waals surface area contributed by atoms with Crippen LogP contribution in [-0.4, -0.2) is 11.8 Å². The number of primary amides is 1. The SMILES string of the molecule is CC(=O)Nc1sc2c(c1C(N)=O)C[C@@H](C)CC2. The second-order valence-electron chi connectivity index (χ2n) is 4.60. The summed E-state index contributed by atoms with van der Waals surface area (Å²) in [6.07, 6.45) is 2.98. The van der Waals surface area contributed by atoms with Crippen LogP contribution < -0.4 is 11.1 Å². The van der Waals surface area contributed by atoms with Crippen LogP contribution in [0.5, 0.6) is 0 Å². The number of nitrogens with one attached hydrogen (secondary N) is 1. The monoisotopic (exact) mass is 252 g/mol. The number of amides is 2. The van der Waals surface area contributed by atoms with E-state index in [1.165, 1.54) is 23.1 Å². The van der Waals surface area contributed by atoms with Crippen molar-refractivity contribution in [1.29, 1.82) is 0 Å². The molecule has 5 heteroatoms. The van der Waals surface area contributed by atoms with E-state index in [2.05, 4.69) is 12.2 Å². The number of anilines is 1. The third kappa shape index (κ3) is 2.34. The highest BCUT2D eigenvalue weighted by Crippen LogP contribution is 2.39. The maximum atomic E-state index is 11.5. The largest absolute Gasteiger partial charge is 0.365 e. The predicted octanol–water partition coefficient (Wildman–Crippen LogP) is 1.93. The molecule has 0 aromatic carbocycles. The fourth-order valence-corrected chi connectivity index (χ4v) is 3.56. The van der Waals surface area contributed by atoms with E-state index in [-0.39, 0.29) is 5.91 Å². The average Bonchev–Trinajstić information content (AvgIpc) is 2.53. The molecule has 1 aliphatic rings. The molecule has 3 N–H and O–H groups in total. The van der Waals surface area contributed by atoms with Crippen molar-refractivity contribution in [2.75, 3.05) is 5.32 Å². The first kappa shape index (κ1) is 12.1. The summed E-state index contributed by atoms with van der Waals surface area (Å²) in [5.74, 6) is -0.0418. The van der Waals surface area contributed by atoms with Gasteiger partial charge in [-0.05, 0) is 30.7 Å².